The van der Waals surface area contributed by atoms with Gasteiger partial charge in [0.2, 0.25) is 5.91 Å². The van der Waals surface area contributed by atoms with Gasteiger partial charge >= 0.3 is 0 Å². The molecule has 1 fully saturated rings. The molecule has 0 aliphatic carbocycles. The van der Waals surface area contributed by atoms with Crippen LogP contribution in [0, 0.1) is 5.92 Å². The Morgan fingerprint density at radius 3 is 2.62 bits per heavy atom. The smallest absolute Gasteiger partial charge is 0.223 e. The van der Waals surface area contributed by atoms with E-state index in [-0.39, 0.29) is 11.7 Å². The van der Waals surface area contributed by atoms with Gasteiger partial charge in [-0.1, -0.05) is 13.8 Å². The Balaban J connectivity index is 2.63. The zero-order valence-corrected chi connectivity index (χ0v) is 10.9. The van der Waals surface area contributed by atoms with Crippen molar-refractivity contribution in [2.45, 2.75) is 58.9 Å². The first-order chi connectivity index (χ1) is 7.35. The summed E-state index contributed by atoms with van der Waals surface area (Å²) in [6.07, 6.45) is 2.89. The zero-order valence-electron chi connectivity index (χ0n) is 10.9. The Morgan fingerprint density at radius 1 is 1.44 bits per heavy atom. The molecule has 0 aromatic carbocycles. The molecule has 3 heteroatoms. The van der Waals surface area contributed by atoms with Crippen LogP contribution < -0.4 is 0 Å². The lowest BCUT2D eigenvalue weighted by molar-refractivity contribution is -0.148. The molecule has 1 aliphatic heterocycles. The standard InChI is InChI=1S/C13H23NO2/c1-10(2)7-8-12(16)14-9-5-6-11(15)13(14,3)4/h10H,5-9H2,1-4H3. The van der Waals surface area contributed by atoms with Gasteiger partial charge < -0.3 is 4.90 Å². The van der Waals surface area contributed by atoms with Crippen LogP contribution in [0.15, 0.2) is 0 Å². The number of hydrogen-bond acceptors (Lipinski definition) is 2. The van der Waals surface area contributed by atoms with E-state index in [0.29, 0.717) is 18.8 Å². The Kier molecular flexibility index (Phi) is 4.11. The summed E-state index contributed by atoms with van der Waals surface area (Å²) >= 11 is 0. The third-order valence-electron chi connectivity index (χ3n) is 3.38. The van der Waals surface area contributed by atoms with Gasteiger partial charge in [0, 0.05) is 19.4 Å². The molecule has 0 aromatic rings. The van der Waals surface area contributed by atoms with Crippen molar-refractivity contribution in [3.63, 3.8) is 0 Å². The summed E-state index contributed by atoms with van der Waals surface area (Å²) in [6.45, 7) is 8.68. The third-order valence-corrected chi connectivity index (χ3v) is 3.38. The van der Waals surface area contributed by atoms with Crippen molar-refractivity contribution in [3.8, 4) is 0 Å². The second-order valence-electron chi connectivity index (χ2n) is 5.56. The van der Waals surface area contributed by atoms with E-state index in [0.717, 1.165) is 19.4 Å². The molecule has 1 saturated heterocycles. The number of Topliss-reactive ketones (excluding diaryl/α,β-unsaturated/α-hetero) is 1. The second kappa shape index (κ2) is 4.98. The summed E-state index contributed by atoms with van der Waals surface area (Å²) in [4.78, 5) is 25.6. The first kappa shape index (κ1) is 13.2. The van der Waals surface area contributed by atoms with E-state index in [2.05, 4.69) is 13.8 Å². The van der Waals surface area contributed by atoms with Crippen LogP contribution in [0.2, 0.25) is 0 Å². The minimum Gasteiger partial charge on any atom is -0.331 e. The fourth-order valence-electron chi connectivity index (χ4n) is 2.12. The highest BCUT2D eigenvalue weighted by atomic mass is 16.2. The zero-order chi connectivity index (χ0) is 12.3. The summed E-state index contributed by atoms with van der Waals surface area (Å²) in [7, 11) is 0. The number of nitrogens with zero attached hydrogens (tertiary/aromatic N) is 1. The second-order valence-corrected chi connectivity index (χ2v) is 5.56. The van der Waals surface area contributed by atoms with Gasteiger partial charge in [0.15, 0.2) is 5.78 Å². The first-order valence-corrected chi connectivity index (χ1v) is 6.19. The molecule has 0 bridgehead atoms. The van der Waals surface area contributed by atoms with Crippen LogP contribution in [0.25, 0.3) is 0 Å². The molecule has 0 unspecified atom stereocenters. The topological polar surface area (TPSA) is 37.4 Å². The van der Waals surface area contributed by atoms with Crippen molar-refractivity contribution in [3.05, 3.63) is 0 Å². The molecule has 0 aromatic heterocycles. The maximum absolute atomic E-state index is 12.0. The van der Waals surface area contributed by atoms with Crippen molar-refractivity contribution in [1.82, 2.24) is 4.90 Å². The van der Waals surface area contributed by atoms with E-state index in [1.807, 2.05) is 13.8 Å². The van der Waals surface area contributed by atoms with Gasteiger partial charge in [-0.3, -0.25) is 9.59 Å². The first-order valence-electron chi connectivity index (χ1n) is 6.19. The van der Waals surface area contributed by atoms with E-state index in [9.17, 15) is 9.59 Å². The molecule has 0 N–H and O–H groups in total. The normalized spacial score (nSPS) is 20.3. The van der Waals surface area contributed by atoms with Crippen LogP contribution in [-0.2, 0) is 9.59 Å². The Bertz CT molecular complexity index is 282. The Hall–Kier alpha value is -0.860. The number of rotatable bonds is 3. The van der Waals surface area contributed by atoms with E-state index in [1.165, 1.54) is 0 Å². The highest BCUT2D eigenvalue weighted by molar-refractivity contribution is 5.93. The molecule has 0 saturated carbocycles. The van der Waals surface area contributed by atoms with Gasteiger partial charge in [0.05, 0.1) is 5.54 Å². The van der Waals surface area contributed by atoms with Crippen LogP contribution in [0.3, 0.4) is 0 Å². The van der Waals surface area contributed by atoms with Crippen molar-refractivity contribution >= 4 is 11.7 Å². The van der Waals surface area contributed by atoms with Gasteiger partial charge in [-0.2, -0.15) is 0 Å². The monoisotopic (exact) mass is 225 g/mol. The average molecular weight is 225 g/mol. The number of piperidine rings is 1. The lowest BCUT2D eigenvalue weighted by Crippen LogP contribution is -2.56. The van der Waals surface area contributed by atoms with Crippen molar-refractivity contribution in [1.29, 1.82) is 0 Å². The maximum Gasteiger partial charge on any atom is 0.223 e. The van der Waals surface area contributed by atoms with Gasteiger partial charge in [-0.05, 0) is 32.6 Å². The molecular weight excluding hydrogens is 202 g/mol. The van der Waals surface area contributed by atoms with E-state index in [1.54, 1.807) is 4.90 Å². The average Bonchev–Trinajstić information content (AvgIpc) is 2.18. The summed E-state index contributed by atoms with van der Waals surface area (Å²) in [5, 5.41) is 0. The summed E-state index contributed by atoms with van der Waals surface area (Å²) in [6, 6.07) is 0. The highest BCUT2D eigenvalue weighted by Crippen LogP contribution is 2.25. The fraction of sp³-hybridized carbons (Fsp3) is 0.846. The number of carbonyl (C=O) groups is 2. The van der Waals surface area contributed by atoms with E-state index in [4.69, 9.17) is 0 Å². The molecule has 1 aliphatic rings. The van der Waals surface area contributed by atoms with Crippen molar-refractivity contribution in [2.75, 3.05) is 6.54 Å². The molecule has 92 valence electrons. The number of carbonyl (C=O) groups excluding carboxylic acids is 2. The SMILES string of the molecule is CC(C)CCC(=O)N1CCCC(=O)C1(C)C. The molecule has 0 radical (unpaired) electrons. The molecule has 3 nitrogen and oxygen atoms in total. The molecule has 1 rings (SSSR count). The number of amides is 1. The Morgan fingerprint density at radius 2 is 2.06 bits per heavy atom. The van der Waals surface area contributed by atoms with Crippen LogP contribution in [0.1, 0.15) is 53.4 Å². The molecule has 1 heterocycles. The molecule has 0 atom stereocenters. The summed E-state index contributed by atoms with van der Waals surface area (Å²) < 4.78 is 0. The minimum atomic E-state index is -0.591. The lowest BCUT2D eigenvalue weighted by atomic mass is 9.88. The van der Waals surface area contributed by atoms with Gasteiger partial charge in [-0.25, -0.2) is 0 Å². The van der Waals surface area contributed by atoms with E-state index >= 15 is 0 Å². The molecular formula is C13H23NO2. The highest BCUT2D eigenvalue weighted by Gasteiger charge is 2.39. The summed E-state index contributed by atoms with van der Waals surface area (Å²) in [5.41, 5.74) is -0.591. The molecule has 0 spiro atoms. The van der Waals surface area contributed by atoms with Gasteiger partial charge in [0.25, 0.3) is 0 Å². The predicted molar refractivity (Wildman–Crippen MR) is 64.1 cm³/mol. The number of ketones is 1. The van der Waals surface area contributed by atoms with Gasteiger partial charge in [0.1, 0.15) is 0 Å². The van der Waals surface area contributed by atoms with Crippen LogP contribution in [0.4, 0.5) is 0 Å². The summed E-state index contributed by atoms with van der Waals surface area (Å²) in [5.74, 6) is 0.857. The van der Waals surface area contributed by atoms with Crippen LogP contribution in [-0.4, -0.2) is 28.7 Å². The molecule has 16 heavy (non-hydrogen) atoms. The van der Waals surface area contributed by atoms with Crippen molar-refractivity contribution < 1.29 is 9.59 Å². The van der Waals surface area contributed by atoms with Crippen molar-refractivity contribution in [2.24, 2.45) is 5.92 Å². The van der Waals surface area contributed by atoms with Crippen LogP contribution in [0.5, 0.6) is 0 Å². The van der Waals surface area contributed by atoms with Gasteiger partial charge in [-0.15, -0.1) is 0 Å². The number of hydrogen-bond donors (Lipinski definition) is 0. The van der Waals surface area contributed by atoms with E-state index < -0.39 is 5.54 Å². The minimum absolute atomic E-state index is 0.131. The largest absolute Gasteiger partial charge is 0.331 e. The number of likely N-dealkylation sites (tertiary alicyclic amines) is 1. The maximum atomic E-state index is 12.0. The fourth-order valence-corrected chi connectivity index (χ4v) is 2.12. The van der Waals surface area contributed by atoms with Crippen LogP contribution >= 0.6 is 0 Å². The lowest BCUT2D eigenvalue weighted by Gasteiger charge is -2.41. The Labute approximate surface area is 98.2 Å². The predicted octanol–water partition coefficient (Wildman–Crippen LogP) is 2.39. The molecule has 1 amide bonds. The quantitative estimate of drug-likeness (QED) is 0.739. The third kappa shape index (κ3) is 2.83.